The Morgan fingerprint density at radius 2 is 1.83 bits per heavy atom. The first-order valence-corrected chi connectivity index (χ1v) is 8.86. The number of carbonyl (C=O) groups excluding carboxylic acids is 1. The zero-order chi connectivity index (χ0) is 20.8. The number of ether oxygens (including phenoxy) is 1. The SMILES string of the molecule is CCOC(=O)c1ccccc1Nc1ncnc(Nc2cccc(C)c2)c1[N+](=O)[O-]. The molecule has 1 aromatic heterocycles. The molecule has 3 rings (SSSR count). The summed E-state index contributed by atoms with van der Waals surface area (Å²) in [6.07, 6.45) is 1.21. The van der Waals surface area contributed by atoms with Crippen LogP contribution < -0.4 is 10.6 Å². The third-order valence-electron chi connectivity index (χ3n) is 3.96. The van der Waals surface area contributed by atoms with Crippen molar-refractivity contribution in [3.05, 3.63) is 76.1 Å². The summed E-state index contributed by atoms with van der Waals surface area (Å²) in [6, 6.07) is 13.9. The van der Waals surface area contributed by atoms with Gasteiger partial charge in [-0.2, -0.15) is 0 Å². The van der Waals surface area contributed by atoms with Crippen LogP contribution >= 0.6 is 0 Å². The molecule has 29 heavy (non-hydrogen) atoms. The number of rotatable bonds is 7. The number of carbonyl (C=O) groups is 1. The highest BCUT2D eigenvalue weighted by atomic mass is 16.6. The summed E-state index contributed by atoms with van der Waals surface area (Å²) in [5.41, 5.74) is 1.90. The van der Waals surface area contributed by atoms with Crippen LogP contribution in [0.15, 0.2) is 54.9 Å². The van der Waals surface area contributed by atoms with Crippen LogP contribution in [0.4, 0.5) is 28.7 Å². The maximum atomic E-state index is 12.2. The average Bonchev–Trinajstić information content (AvgIpc) is 2.68. The summed E-state index contributed by atoms with van der Waals surface area (Å²) in [6.45, 7) is 3.83. The van der Waals surface area contributed by atoms with Gasteiger partial charge in [0.15, 0.2) is 0 Å². The lowest BCUT2D eigenvalue weighted by Gasteiger charge is -2.12. The van der Waals surface area contributed by atoms with E-state index in [1.165, 1.54) is 6.33 Å². The molecule has 0 aliphatic heterocycles. The van der Waals surface area contributed by atoms with Crippen LogP contribution in [0.3, 0.4) is 0 Å². The number of para-hydroxylation sites is 1. The molecule has 9 heteroatoms. The summed E-state index contributed by atoms with van der Waals surface area (Å²) in [4.78, 5) is 31.4. The molecule has 0 aliphatic rings. The van der Waals surface area contributed by atoms with Crippen molar-refractivity contribution in [1.29, 1.82) is 0 Å². The summed E-state index contributed by atoms with van der Waals surface area (Å²) in [5, 5.41) is 17.6. The van der Waals surface area contributed by atoms with Gasteiger partial charge in [-0.15, -0.1) is 0 Å². The Labute approximate surface area is 166 Å². The maximum absolute atomic E-state index is 12.2. The summed E-state index contributed by atoms with van der Waals surface area (Å²) < 4.78 is 5.04. The van der Waals surface area contributed by atoms with Crippen LogP contribution in [0.1, 0.15) is 22.8 Å². The fourth-order valence-corrected chi connectivity index (χ4v) is 2.70. The third-order valence-corrected chi connectivity index (χ3v) is 3.96. The van der Waals surface area contributed by atoms with Crippen molar-refractivity contribution in [3.63, 3.8) is 0 Å². The van der Waals surface area contributed by atoms with Gasteiger partial charge in [-0.25, -0.2) is 14.8 Å². The van der Waals surface area contributed by atoms with Gasteiger partial charge in [-0.1, -0.05) is 24.3 Å². The van der Waals surface area contributed by atoms with Crippen molar-refractivity contribution in [3.8, 4) is 0 Å². The van der Waals surface area contributed by atoms with E-state index < -0.39 is 10.9 Å². The molecular weight excluding hydrogens is 374 g/mol. The minimum absolute atomic E-state index is 0.0340. The molecule has 3 aromatic rings. The zero-order valence-corrected chi connectivity index (χ0v) is 15.9. The summed E-state index contributed by atoms with van der Waals surface area (Å²) >= 11 is 0. The molecule has 0 unspecified atom stereocenters. The number of nitro groups is 1. The number of hydrogen-bond acceptors (Lipinski definition) is 8. The highest BCUT2D eigenvalue weighted by Gasteiger charge is 2.24. The van der Waals surface area contributed by atoms with Crippen LogP contribution in [0.2, 0.25) is 0 Å². The minimum Gasteiger partial charge on any atom is -0.462 e. The topological polar surface area (TPSA) is 119 Å². The largest absolute Gasteiger partial charge is 0.462 e. The van der Waals surface area contributed by atoms with E-state index in [2.05, 4.69) is 20.6 Å². The lowest BCUT2D eigenvalue weighted by Crippen LogP contribution is -2.10. The van der Waals surface area contributed by atoms with Gasteiger partial charge in [0.05, 0.1) is 22.8 Å². The van der Waals surface area contributed by atoms with Crippen molar-refractivity contribution in [2.75, 3.05) is 17.2 Å². The summed E-state index contributed by atoms with van der Waals surface area (Å²) in [7, 11) is 0. The number of hydrogen-bond donors (Lipinski definition) is 2. The van der Waals surface area contributed by atoms with Crippen LogP contribution in [-0.2, 0) is 4.74 Å². The smallest absolute Gasteiger partial charge is 0.353 e. The highest BCUT2D eigenvalue weighted by molar-refractivity contribution is 5.97. The molecule has 0 saturated heterocycles. The average molecular weight is 393 g/mol. The second kappa shape index (κ2) is 8.79. The first-order chi connectivity index (χ1) is 14.0. The normalized spacial score (nSPS) is 10.3. The predicted molar refractivity (Wildman–Crippen MR) is 109 cm³/mol. The third kappa shape index (κ3) is 4.64. The van der Waals surface area contributed by atoms with E-state index in [9.17, 15) is 14.9 Å². The van der Waals surface area contributed by atoms with E-state index in [4.69, 9.17) is 4.74 Å². The van der Waals surface area contributed by atoms with E-state index in [0.29, 0.717) is 11.4 Å². The Bertz CT molecular complexity index is 1050. The number of anilines is 4. The van der Waals surface area contributed by atoms with E-state index in [-0.39, 0.29) is 29.5 Å². The van der Waals surface area contributed by atoms with Crippen LogP contribution in [0.25, 0.3) is 0 Å². The maximum Gasteiger partial charge on any atom is 0.353 e. The Kier molecular flexibility index (Phi) is 5.98. The number of nitrogens with zero attached hydrogens (tertiary/aromatic N) is 3. The molecule has 1 heterocycles. The Balaban J connectivity index is 1.99. The molecule has 0 aliphatic carbocycles. The fourth-order valence-electron chi connectivity index (χ4n) is 2.70. The lowest BCUT2D eigenvalue weighted by atomic mass is 10.1. The standard InChI is InChI=1S/C20H19N5O4/c1-3-29-20(26)15-9-4-5-10-16(15)24-19-17(25(27)28)18(21-12-22-19)23-14-8-6-7-13(2)11-14/h4-12H,3H2,1-2H3,(H2,21,22,23,24). The monoisotopic (exact) mass is 393 g/mol. The van der Waals surface area contributed by atoms with Crippen molar-refractivity contribution in [2.45, 2.75) is 13.8 Å². The van der Waals surface area contributed by atoms with Crippen LogP contribution in [0.5, 0.6) is 0 Å². The molecular formula is C20H19N5O4. The second-order valence-corrected chi connectivity index (χ2v) is 6.06. The number of benzene rings is 2. The van der Waals surface area contributed by atoms with E-state index >= 15 is 0 Å². The molecule has 9 nitrogen and oxygen atoms in total. The Hall–Kier alpha value is -4.01. The van der Waals surface area contributed by atoms with Gasteiger partial charge >= 0.3 is 11.7 Å². The summed E-state index contributed by atoms with van der Waals surface area (Å²) in [5.74, 6) is -0.547. The molecule has 0 fully saturated rings. The van der Waals surface area contributed by atoms with Gasteiger partial charge in [0.25, 0.3) is 0 Å². The molecule has 0 saturated carbocycles. The predicted octanol–water partition coefficient (Wildman–Crippen LogP) is 4.36. The van der Waals surface area contributed by atoms with Gasteiger partial charge in [0, 0.05) is 5.69 Å². The van der Waals surface area contributed by atoms with Crippen molar-refractivity contribution in [2.24, 2.45) is 0 Å². The Morgan fingerprint density at radius 3 is 2.52 bits per heavy atom. The van der Waals surface area contributed by atoms with Gasteiger partial charge in [0.2, 0.25) is 11.6 Å². The molecule has 2 aromatic carbocycles. The quantitative estimate of drug-likeness (QED) is 0.345. The molecule has 0 radical (unpaired) electrons. The van der Waals surface area contributed by atoms with Gasteiger partial charge in [-0.05, 0) is 43.7 Å². The van der Waals surface area contributed by atoms with Gasteiger partial charge in [0.1, 0.15) is 6.33 Å². The van der Waals surface area contributed by atoms with Gasteiger partial charge in [-0.3, -0.25) is 10.1 Å². The van der Waals surface area contributed by atoms with Crippen molar-refractivity contribution < 1.29 is 14.5 Å². The van der Waals surface area contributed by atoms with E-state index in [1.807, 2.05) is 25.1 Å². The van der Waals surface area contributed by atoms with Gasteiger partial charge < -0.3 is 15.4 Å². The second-order valence-electron chi connectivity index (χ2n) is 6.06. The number of aromatic nitrogens is 2. The van der Waals surface area contributed by atoms with Crippen molar-refractivity contribution >= 4 is 34.7 Å². The molecule has 0 atom stereocenters. The first kappa shape index (κ1) is 19.7. The number of nitrogens with one attached hydrogen (secondary N) is 2. The molecule has 0 bridgehead atoms. The highest BCUT2D eigenvalue weighted by Crippen LogP contribution is 2.33. The number of aryl methyl sites for hydroxylation is 1. The molecule has 0 amide bonds. The zero-order valence-electron chi connectivity index (χ0n) is 15.9. The Morgan fingerprint density at radius 1 is 1.10 bits per heavy atom. The van der Waals surface area contributed by atoms with Crippen molar-refractivity contribution in [1.82, 2.24) is 9.97 Å². The molecule has 2 N–H and O–H groups in total. The van der Waals surface area contributed by atoms with Crippen LogP contribution in [0, 0.1) is 17.0 Å². The minimum atomic E-state index is -0.576. The van der Waals surface area contributed by atoms with E-state index in [0.717, 1.165) is 5.56 Å². The lowest BCUT2D eigenvalue weighted by molar-refractivity contribution is -0.383. The van der Waals surface area contributed by atoms with E-state index in [1.54, 1.807) is 37.3 Å². The first-order valence-electron chi connectivity index (χ1n) is 8.86. The fraction of sp³-hybridized carbons (Fsp3) is 0.150. The molecule has 148 valence electrons. The molecule has 0 spiro atoms. The van der Waals surface area contributed by atoms with Crippen LogP contribution in [-0.4, -0.2) is 27.5 Å². The number of esters is 1.